The van der Waals surface area contributed by atoms with Crippen molar-refractivity contribution >= 4 is 10.9 Å². The lowest BCUT2D eigenvalue weighted by atomic mass is 10.2. The fourth-order valence-electron chi connectivity index (χ4n) is 2.19. The zero-order valence-electron chi connectivity index (χ0n) is 13.1. The molecule has 6 heteroatoms. The fraction of sp³-hybridized carbons (Fsp3) is 0.294. The topological polar surface area (TPSA) is 80.3 Å². The van der Waals surface area contributed by atoms with Gasteiger partial charge in [0, 0.05) is 23.2 Å². The largest absolute Gasteiger partial charge is 0.490 e. The van der Waals surface area contributed by atoms with Crippen molar-refractivity contribution < 1.29 is 14.6 Å². The third-order valence-electron chi connectivity index (χ3n) is 3.62. The Balaban J connectivity index is 1.54. The molecule has 0 unspecified atom stereocenters. The first-order valence-corrected chi connectivity index (χ1v) is 7.44. The molecule has 3 rings (SSSR count). The molecule has 2 N–H and O–H groups in total. The van der Waals surface area contributed by atoms with Crippen LogP contribution in [0.25, 0.3) is 10.9 Å². The number of benzene rings is 1. The number of hydrogen-bond donors (Lipinski definition) is 2. The molecule has 0 amide bonds. The van der Waals surface area contributed by atoms with Gasteiger partial charge in [-0.15, -0.1) is 5.10 Å². The summed E-state index contributed by atoms with van der Waals surface area (Å²) in [7, 11) is 0. The van der Waals surface area contributed by atoms with E-state index in [1.165, 1.54) is 0 Å². The summed E-state index contributed by atoms with van der Waals surface area (Å²) in [5, 5.41) is 18.9. The fourth-order valence-corrected chi connectivity index (χ4v) is 2.19. The van der Waals surface area contributed by atoms with Crippen LogP contribution in [0.4, 0.5) is 0 Å². The Morgan fingerprint density at radius 1 is 1.13 bits per heavy atom. The van der Waals surface area contributed by atoms with Crippen molar-refractivity contribution in [1.29, 1.82) is 0 Å². The van der Waals surface area contributed by atoms with Crippen LogP contribution in [0.5, 0.6) is 11.6 Å². The minimum atomic E-state index is -0.757. The molecule has 0 spiro atoms. The molecular formula is C17H19N3O3. The number of aliphatic hydroxyl groups is 1. The van der Waals surface area contributed by atoms with Gasteiger partial charge in [-0.05, 0) is 37.6 Å². The van der Waals surface area contributed by atoms with Crippen molar-refractivity contribution in [2.24, 2.45) is 0 Å². The number of aromatic nitrogens is 3. The highest BCUT2D eigenvalue weighted by atomic mass is 16.5. The first-order chi connectivity index (χ1) is 11.1. The van der Waals surface area contributed by atoms with Crippen LogP contribution in [0.1, 0.15) is 11.3 Å². The monoisotopic (exact) mass is 313 g/mol. The summed E-state index contributed by atoms with van der Waals surface area (Å²) >= 11 is 0. The van der Waals surface area contributed by atoms with Gasteiger partial charge in [-0.2, -0.15) is 5.10 Å². The van der Waals surface area contributed by atoms with E-state index >= 15 is 0 Å². The number of hydrogen-bond acceptors (Lipinski definition) is 5. The Hall–Kier alpha value is -2.60. The molecule has 1 aromatic carbocycles. The summed E-state index contributed by atoms with van der Waals surface area (Å²) < 4.78 is 11.1. The van der Waals surface area contributed by atoms with Crippen molar-refractivity contribution in [3.63, 3.8) is 0 Å². The van der Waals surface area contributed by atoms with E-state index in [4.69, 9.17) is 9.47 Å². The summed E-state index contributed by atoms with van der Waals surface area (Å²) in [4.78, 5) is 3.12. The molecule has 0 saturated heterocycles. The normalized spacial score (nSPS) is 12.3. The third kappa shape index (κ3) is 3.60. The molecule has 23 heavy (non-hydrogen) atoms. The molecule has 0 aliphatic carbocycles. The van der Waals surface area contributed by atoms with E-state index in [9.17, 15) is 5.11 Å². The van der Waals surface area contributed by atoms with Gasteiger partial charge in [-0.1, -0.05) is 6.07 Å². The Labute approximate surface area is 134 Å². The molecule has 3 aromatic rings. The van der Waals surface area contributed by atoms with Crippen molar-refractivity contribution in [3.05, 3.63) is 47.8 Å². The minimum absolute atomic E-state index is 0.0975. The van der Waals surface area contributed by atoms with Crippen LogP contribution in [0, 0.1) is 13.8 Å². The van der Waals surface area contributed by atoms with E-state index in [2.05, 4.69) is 15.2 Å². The van der Waals surface area contributed by atoms with E-state index < -0.39 is 6.10 Å². The van der Waals surface area contributed by atoms with Crippen LogP contribution >= 0.6 is 0 Å². The highest BCUT2D eigenvalue weighted by Crippen LogP contribution is 2.24. The van der Waals surface area contributed by atoms with Crippen LogP contribution < -0.4 is 9.47 Å². The molecule has 2 heterocycles. The Bertz CT molecular complexity index is 801. The average molecular weight is 313 g/mol. The molecule has 0 saturated carbocycles. The summed E-state index contributed by atoms with van der Waals surface area (Å²) in [6.07, 6.45) is 1.10. The third-order valence-corrected chi connectivity index (χ3v) is 3.62. The molecule has 0 radical (unpaired) electrons. The van der Waals surface area contributed by atoms with Crippen LogP contribution in [-0.4, -0.2) is 39.6 Å². The number of H-pyrrole nitrogens is 1. The van der Waals surface area contributed by atoms with Crippen molar-refractivity contribution in [2.75, 3.05) is 13.2 Å². The molecule has 1 atom stereocenters. The van der Waals surface area contributed by atoms with Gasteiger partial charge >= 0.3 is 0 Å². The SMILES string of the molecule is Cc1cc(OC[C@H](O)COc2cccc3[nH]ccc23)nnc1C. The van der Waals surface area contributed by atoms with Gasteiger partial charge < -0.3 is 19.6 Å². The summed E-state index contributed by atoms with van der Waals surface area (Å²) in [5.41, 5.74) is 2.86. The van der Waals surface area contributed by atoms with Crippen LogP contribution in [0.2, 0.25) is 0 Å². The maximum atomic E-state index is 10.0. The van der Waals surface area contributed by atoms with Gasteiger partial charge in [0.15, 0.2) is 0 Å². The molecule has 0 aliphatic heterocycles. The molecule has 2 aromatic heterocycles. The van der Waals surface area contributed by atoms with E-state index in [-0.39, 0.29) is 13.2 Å². The zero-order chi connectivity index (χ0) is 16.2. The predicted molar refractivity (Wildman–Crippen MR) is 86.8 cm³/mol. The lowest BCUT2D eigenvalue weighted by Crippen LogP contribution is -2.25. The predicted octanol–water partition coefficient (Wildman–Crippen LogP) is 2.39. The van der Waals surface area contributed by atoms with E-state index in [1.807, 2.05) is 44.3 Å². The molecule has 0 aliphatic rings. The highest BCUT2D eigenvalue weighted by Gasteiger charge is 2.10. The Morgan fingerprint density at radius 3 is 2.78 bits per heavy atom. The van der Waals surface area contributed by atoms with Gasteiger partial charge in [0.1, 0.15) is 25.1 Å². The second kappa shape index (κ2) is 6.66. The average Bonchev–Trinajstić information content (AvgIpc) is 3.03. The number of nitrogens with zero attached hydrogens (tertiary/aromatic N) is 2. The smallest absolute Gasteiger partial charge is 0.233 e. The second-order valence-corrected chi connectivity index (χ2v) is 5.42. The lowest BCUT2D eigenvalue weighted by molar-refractivity contribution is 0.0611. The molecule has 0 fully saturated rings. The van der Waals surface area contributed by atoms with Crippen LogP contribution in [-0.2, 0) is 0 Å². The molecular weight excluding hydrogens is 294 g/mol. The number of aryl methyl sites for hydroxylation is 2. The van der Waals surface area contributed by atoms with Crippen molar-refractivity contribution in [1.82, 2.24) is 15.2 Å². The maximum Gasteiger partial charge on any atom is 0.233 e. The summed E-state index contributed by atoms with van der Waals surface area (Å²) in [6.45, 7) is 4.06. The van der Waals surface area contributed by atoms with E-state index in [0.717, 1.165) is 27.9 Å². The second-order valence-electron chi connectivity index (χ2n) is 5.42. The van der Waals surface area contributed by atoms with Crippen molar-refractivity contribution in [2.45, 2.75) is 20.0 Å². The van der Waals surface area contributed by atoms with Gasteiger partial charge in [0.2, 0.25) is 5.88 Å². The lowest BCUT2D eigenvalue weighted by Gasteiger charge is -2.14. The Kier molecular flexibility index (Phi) is 4.43. The number of rotatable bonds is 6. The summed E-state index contributed by atoms with van der Waals surface area (Å²) in [6, 6.07) is 9.50. The van der Waals surface area contributed by atoms with E-state index in [0.29, 0.717) is 5.88 Å². The number of ether oxygens (including phenoxy) is 2. The number of fused-ring (bicyclic) bond motifs is 1. The van der Waals surface area contributed by atoms with Gasteiger partial charge in [0.05, 0.1) is 5.69 Å². The Morgan fingerprint density at radius 2 is 1.96 bits per heavy atom. The first kappa shape index (κ1) is 15.3. The van der Waals surface area contributed by atoms with Crippen LogP contribution in [0.15, 0.2) is 36.5 Å². The number of aliphatic hydroxyl groups excluding tert-OH is 1. The summed E-state index contributed by atoms with van der Waals surface area (Å²) in [5.74, 6) is 1.13. The van der Waals surface area contributed by atoms with Gasteiger partial charge in [-0.3, -0.25) is 0 Å². The van der Waals surface area contributed by atoms with Gasteiger partial charge in [0.25, 0.3) is 0 Å². The molecule has 0 bridgehead atoms. The quantitative estimate of drug-likeness (QED) is 0.730. The van der Waals surface area contributed by atoms with Gasteiger partial charge in [-0.25, -0.2) is 0 Å². The number of nitrogens with one attached hydrogen (secondary N) is 1. The van der Waals surface area contributed by atoms with Crippen LogP contribution in [0.3, 0.4) is 0 Å². The minimum Gasteiger partial charge on any atom is -0.490 e. The highest BCUT2D eigenvalue weighted by molar-refractivity contribution is 5.85. The zero-order valence-corrected chi connectivity index (χ0v) is 13.1. The number of aromatic amines is 1. The first-order valence-electron chi connectivity index (χ1n) is 7.44. The van der Waals surface area contributed by atoms with E-state index in [1.54, 1.807) is 6.07 Å². The molecule has 120 valence electrons. The molecule has 6 nitrogen and oxygen atoms in total. The maximum absolute atomic E-state index is 10.0. The standard InChI is InChI=1S/C17H19N3O3/c1-11-8-17(20-19-12(11)2)23-10-13(21)9-22-16-5-3-4-15-14(16)6-7-18-15/h3-8,13,18,21H,9-10H2,1-2H3/t13-/m1/s1. The van der Waals surface area contributed by atoms with Crippen molar-refractivity contribution in [3.8, 4) is 11.6 Å².